The van der Waals surface area contributed by atoms with Gasteiger partial charge in [0.1, 0.15) is 0 Å². The fourth-order valence-electron chi connectivity index (χ4n) is 3.17. The highest BCUT2D eigenvalue weighted by atomic mass is 16.5. The van der Waals surface area contributed by atoms with Crippen molar-refractivity contribution in [2.24, 2.45) is 0 Å². The van der Waals surface area contributed by atoms with E-state index in [0.717, 1.165) is 37.4 Å². The van der Waals surface area contributed by atoms with Gasteiger partial charge in [-0.1, -0.05) is 6.07 Å². The fourth-order valence-corrected chi connectivity index (χ4v) is 3.17. The molecule has 132 valence electrons. The number of carbonyl (C=O) groups excluding carboxylic acids is 1. The van der Waals surface area contributed by atoms with Gasteiger partial charge in [-0.05, 0) is 30.5 Å². The number of rotatable bonds is 7. The van der Waals surface area contributed by atoms with Crippen LogP contribution in [0.25, 0.3) is 0 Å². The van der Waals surface area contributed by atoms with E-state index >= 15 is 0 Å². The van der Waals surface area contributed by atoms with Gasteiger partial charge >= 0.3 is 0 Å². The number of ether oxygens (including phenoxy) is 3. The Morgan fingerprint density at radius 3 is 2.54 bits per heavy atom. The van der Waals surface area contributed by atoms with Gasteiger partial charge in [0.05, 0.1) is 34.0 Å². The van der Waals surface area contributed by atoms with Crippen LogP contribution < -0.4 is 14.8 Å². The van der Waals surface area contributed by atoms with Crippen molar-refractivity contribution in [2.75, 3.05) is 53.6 Å². The molecule has 0 unspecified atom stereocenters. The van der Waals surface area contributed by atoms with Gasteiger partial charge in [-0.3, -0.25) is 9.69 Å². The maximum Gasteiger partial charge on any atom is 0.234 e. The van der Waals surface area contributed by atoms with Crippen LogP contribution in [0.15, 0.2) is 18.2 Å². The Kier molecular flexibility index (Phi) is 5.26. The minimum Gasteiger partial charge on any atom is -0.493 e. The zero-order valence-corrected chi connectivity index (χ0v) is 14.5. The zero-order chi connectivity index (χ0) is 17.0. The number of amides is 1. The van der Waals surface area contributed by atoms with E-state index in [-0.39, 0.29) is 11.3 Å². The summed E-state index contributed by atoms with van der Waals surface area (Å²) in [5, 5.41) is 3.10. The zero-order valence-electron chi connectivity index (χ0n) is 14.5. The highest BCUT2D eigenvalue weighted by molar-refractivity contribution is 5.78. The van der Waals surface area contributed by atoms with E-state index in [2.05, 4.69) is 16.3 Å². The number of benzene rings is 1. The molecular formula is C18H26N2O4. The van der Waals surface area contributed by atoms with Crippen molar-refractivity contribution in [2.45, 2.75) is 18.3 Å². The van der Waals surface area contributed by atoms with E-state index in [1.165, 1.54) is 5.56 Å². The number of carbonyl (C=O) groups is 1. The van der Waals surface area contributed by atoms with Gasteiger partial charge in [0, 0.05) is 25.0 Å². The third-order valence-electron chi connectivity index (χ3n) is 4.94. The molecule has 6 nitrogen and oxygen atoms in total. The normalized spacial score (nSPS) is 19.6. The molecule has 6 heteroatoms. The smallest absolute Gasteiger partial charge is 0.234 e. The lowest BCUT2D eigenvalue weighted by Gasteiger charge is -2.26. The van der Waals surface area contributed by atoms with Gasteiger partial charge < -0.3 is 19.5 Å². The first kappa shape index (κ1) is 17.0. The standard InChI is InChI=1S/C18H26N2O4/c1-22-15-4-3-14(11-16(15)23-2)18(5-6-18)13-19-17(21)12-20-7-9-24-10-8-20/h3-4,11H,5-10,12-13H2,1-2H3,(H,19,21). The minimum atomic E-state index is 0.0419. The van der Waals surface area contributed by atoms with Crippen molar-refractivity contribution < 1.29 is 19.0 Å². The summed E-state index contributed by atoms with van der Waals surface area (Å²) in [6.45, 7) is 4.20. The van der Waals surface area contributed by atoms with Crippen molar-refractivity contribution in [3.8, 4) is 11.5 Å². The summed E-state index contributed by atoms with van der Waals surface area (Å²) >= 11 is 0. The van der Waals surface area contributed by atoms with Crippen LogP contribution in [0.1, 0.15) is 18.4 Å². The molecule has 1 aliphatic heterocycles. The number of methoxy groups -OCH3 is 2. The molecule has 0 atom stereocenters. The molecule has 1 heterocycles. The molecule has 1 aromatic rings. The van der Waals surface area contributed by atoms with Crippen LogP contribution in [0, 0.1) is 0 Å². The Morgan fingerprint density at radius 2 is 1.92 bits per heavy atom. The summed E-state index contributed by atoms with van der Waals surface area (Å²) < 4.78 is 16.0. The van der Waals surface area contributed by atoms with Gasteiger partial charge in [-0.25, -0.2) is 0 Å². The third-order valence-corrected chi connectivity index (χ3v) is 4.94. The molecule has 2 aliphatic rings. The molecule has 0 bridgehead atoms. The van der Waals surface area contributed by atoms with E-state index in [4.69, 9.17) is 14.2 Å². The minimum absolute atomic E-state index is 0.0419. The summed E-state index contributed by atoms with van der Waals surface area (Å²) in [6.07, 6.45) is 2.17. The lowest BCUT2D eigenvalue weighted by Crippen LogP contribution is -2.44. The highest BCUT2D eigenvalue weighted by Gasteiger charge is 2.44. The van der Waals surface area contributed by atoms with Crippen molar-refractivity contribution >= 4 is 5.91 Å². The lowest BCUT2D eigenvalue weighted by molar-refractivity contribution is -0.123. The van der Waals surface area contributed by atoms with Crippen LogP contribution in [0.2, 0.25) is 0 Å². The molecule has 0 spiro atoms. The maximum atomic E-state index is 12.2. The van der Waals surface area contributed by atoms with Crippen LogP contribution in [0.3, 0.4) is 0 Å². The molecule has 1 amide bonds. The Balaban J connectivity index is 1.57. The Hall–Kier alpha value is -1.79. The second-order valence-corrected chi connectivity index (χ2v) is 6.52. The number of morpholine rings is 1. The first-order valence-corrected chi connectivity index (χ1v) is 8.46. The molecule has 1 aromatic carbocycles. The quantitative estimate of drug-likeness (QED) is 0.811. The second kappa shape index (κ2) is 7.40. The van der Waals surface area contributed by atoms with Crippen LogP contribution in [-0.2, 0) is 14.9 Å². The van der Waals surface area contributed by atoms with Gasteiger partial charge in [0.15, 0.2) is 11.5 Å². The molecule has 1 saturated carbocycles. The summed E-state index contributed by atoms with van der Waals surface area (Å²) in [5.74, 6) is 1.55. The molecule has 1 saturated heterocycles. The summed E-state index contributed by atoms with van der Waals surface area (Å²) in [6, 6.07) is 6.03. The second-order valence-electron chi connectivity index (χ2n) is 6.52. The van der Waals surface area contributed by atoms with Crippen molar-refractivity contribution in [3.63, 3.8) is 0 Å². The monoisotopic (exact) mass is 334 g/mol. The maximum absolute atomic E-state index is 12.2. The lowest BCUT2D eigenvalue weighted by atomic mass is 9.95. The van der Waals surface area contributed by atoms with E-state index < -0.39 is 0 Å². The first-order chi connectivity index (χ1) is 11.7. The molecule has 3 rings (SSSR count). The molecule has 2 fully saturated rings. The third kappa shape index (κ3) is 3.82. The van der Waals surface area contributed by atoms with Crippen molar-refractivity contribution in [1.82, 2.24) is 10.2 Å². The molecular weight excluding hydrogens is 308 g/mol. The Bertz CT molecular complexity index is 580. The molecule has 0 radical (unpaired) electrons. The Labute approximate surface area is 143 Å². The SMILES string of the molecule is COc1ccc(C2(CNC(=O)CN3CCOCC3)CC2)cc1OC. The predicted molar refractivity (Wildman–Crippen MR) is 90.7 cm³/mol. The van der Waals surface area contributed by atoms with Gasteiger partial charge in [0.25, 0.3) is 0 Å². The number of nitrogens with zero attached hydrogens (tertiary/aromatic N) is 1. The van der Waals surface area contributed by atoms with Crippen LogP contribution in [-0.4, -0.2) is 64.4 Å². The predicted octanol–water partition coefficient (Wildman–Crippen LogP) is 1.18. The molecule has 0 aromatic heterocycles. The van der Waals surface area contributed by atoms with Gasteiger partial charge in [0.2, 0.25) is 5.91 Å². The summed E-state index contributed by atoms with van der Waals surface area (Å²) in [7, 11) is 3.28. The number of hydrogen-bond acceptors (Lipinski definition) is 5. The average Bonchev–Trinajstić information content (AvgIpc) is 3.41. The highest BCUT2D eigenvalue weighted by Crippen LogP contribution is 2.49. The van der Waals surface area contributed by atoms with Crippen LogP contribution in [0.5, 0.6) is 11.5 Å². The van der Waals surface area contributed by atoms with Gasteiger partial charge in [-0.2, -0.15) is 0 Å². The average molecular weight is 334 g/mol. The fraction of sp³-hybridized carbons (Fsp3) is 0.611. The van der Waals surface area contributed by atoms with E-state index in [1.54, 1.807) is 14.2 Å². The van der Waals surface area contributed by atoms with Gasteiger partial charge in [-0.15, -0.1) is 0 Å². The summed E-state index contributed by atoms with van der Waals surface area (Å²) in [5.41, 5.74) is 1.24. The number of hydrogen-bond donors (Lipinski definition) is 1. The topological polar surface area (TPSA) is 60.0 Å². The first-order valence-electron chi connectivity index (χ1n) is 8.46. The van der Waals surface area contributed by atoms with Crippen molar-refractivity contribution in [1.29, 1.82) is 0 Å². The molecule has 1 aliphatic carbocycles. The summed E-state index contributed by atoms with van der Waals surface area (Å²) in [4.78, 5) is 14.3. The number of nitrogens with one attached hydrogen (secondary N) is 1. The van der Waals surface area contributed by atoms with Crippen molar-refractivity contribution in [3.05, 3.63) is 23.8 Å². The van der Waals surface area contributed by atoms with E-state index in [0.29, 0.717) is 26.3 Å². The largest absolute Gasteiger partial charge is 0.493 e. The van der Waals surface area contributed by atoms with E-state index in [9.17, 15) is 4.79 Å². The molecule has 1 N–H and O–H groups in total. The van der Waals surface area contributed by atoms with Crippen LogP contribution >= 0.6 is 0 Å². The molecule has 24 heavy (non-hydrogen) atoms. The Morgan fingerprint density at radius 1 is 1.21 bits per heavy atom. The van der Waals surface area contributed by atoms with E-state index in [1.807, 2.05) is 12.1 Å². The van der Waals surface area contributed by atoms with Crippen LogP contribution in [0.4, 0.5) is 0 Å².